The van der Waals surface area contributed by atoms with Crippen molar-refractivity contribution in [2.45, 2.75) is 103 Å². The van der Waals surface area contributed by atoms with Gasteiger partial charge in [-0.15, -0.1) is 0 Å². The lowest BCUT2D eigenvalue weighted by Gasteiger charge is -2.22. The van der Waals surface area contributed by atoms with Gasteiger partial charge in [-0.1, -0.05) is 71.1 Å². The molecule has 0 aromatic heterocycles. The first-order valence-corrected chi connectivity index (χ1v) is 8.39. The van der Waals surface area contributed by atoms with Gasteiger partial charge >= 0.3 is 0 Å². The maximum absolute atomic E-state index is 10.2. The van der Waals surface area contributed by atoms with E-state index in [1.165, 1.54) is 77.0 Å². The first-order valence-electron chi connectivity index (χ1n) is 8.39. The lowest BCUT2D eigenvalue weighted by molar-refractivity contribution is 0.0255. The third-order valence-electron chi connectivity index (χ3n) is 4.49. The van der Waals surface area contributed by atoms with Crippen LogP contribution in [-0.4, -0.2) is 10.7 Å². The fraction of sp³-hybridized carbons (Fsp3) is 1.00. The summed E-state index contributed by atoms with van der Waals surface area (Å²) in [5, 5.41) is 10.2. The zero-order valence-electron chi connectivity index (χ0n) is 12.7. The van der Waals surface area contributed by atoms with E-state index in [4.69, 9.17) is 0 Å². The number of rotatable bonds is 12. The van der Waals surface area contributed by atoms with Crippen molar-refractivity contribution in [3.63, 3.8) is 0 Å². The monoisotopic (exact) mass is 254 g/mol. The summed E-state index contributed by atoms with van der Waals surface area (Å²) in [7, 11) is 0. The summed E-state index contributed by atoms with van der Waals surface area (Å²) < 4.78 is 0. The minimum absolute atomic E-state index is 0.347. The quantitative estimate of drug-likeness (QED) is 0.459. The summed E-state index contributed by atoms with van der Waals surface area (Å²) in [6, 6.07) is 0. The molecule has 1 N–H and O–H groups in total. The predicted molar refractivity (Wildman–Crippen MR) is 79.8 cm³/mol. The molecule has 0 aromatic rings. The van der Waals surface area contributed by atoms with Gasteiger partial charge in [0, 0.05) is 0 Å². The van der Waals surface area contributed by atoms with E-state index in [9.17, 15) is 5.11 Å². The molecule has 1 aliphatic carbocycles. The minimum atomic E-state index is -0.347. The van der Waals surface area contributed by atoms with Crippen LogP contribution < -0.4 is 0 Å². The molecular formula is C17H34O. The summed E-state index contributed by atoms with van der Waals surface area (Å²) in [5.41, 5.74) is -0.347. The molecular weight excluding hydrogens is 220 g/mol. The van der Waals surface area contributed by atoms with E-state index in [1.54, 1.807) is 0 Å². The molecule has 0 amide bonds. The average Bonchev–Trinajstić information content (AvgIpc) is 3.16. The molecule has 1 rings (SSSR count). The van der Waals surface area contributed by atoms with Gasteiger partial charge in [0.05, 0.1) is 5.60 Å². The average molecular weight is 254 g/mol. The molecule has 0 spiro atoms. The first kappa shape index (κ1) is 16.0. The van der Waals surface area contributed by atoms with Gasteiger partial charge < -0.3 is 5.11 Å². The van der Waals surface area contributed by atoms with Crippen LogP contribution in [0.4, 0.5) is 0 Å². The summed E-state index contributed by atoms with van der Waals surface area (Å²) >= 11 is 0. The third-order valence-corrected chi connectivity index (χ3v) is 4.49. The Bertz CT molecular complexity index is 194. The van der Waals surface area contributed by atoms with E-state index in [0.29, 0.717) is 5.92 Å². The highest BCUT2D eigenvalue weighted by Gasteiger charge is 2.38. The molecule has 0 heterocycles. The topological polar surface area (TPSA) is 20.2 Å². The standard InChI is InChI=1S/C17H34O/c1-3-4-5-6-7-8-9-10-11-12-15-17(2,18)16-13-14-16/h16,18H,3-15H2,1-2H3. The Labute approximate surface area is 114 Å². The highest BCUT2D eigenvalue weighted by atomic mass is 16.3. The minimum Gasteiger partial charge on any atom is -0.390 e. The van der Waals surface area contributed by atoms with Gasteiger partial charge in [-0.3, -0.25) is 0 Å². The Morgan fingerprint density at radius 3 is 1.72 bits per heavy atom. The molecule has 1 atom stereocenters. The molecule has 1 nitrogen and oxygen atoms in total. The lowest BCUT2D eigenvalue weighted by Crippen LogP contribution is -2.26. The van der Waals surface area contributed by atoms with Gasteiger partial charge in [0.1, 0.15) is 0 Å². The zero-order valence-corrected chi connectivity index (χ0v) is 12.7. The van der Waals surface area contributed by atoms with Crippen molar-refractivity contribution < 1.29 is 5.11 Å². The molecule has 1 saturated carbocycles. The van der Waals surface area contributed by atoms with E-state index in [-0.39, 0.29) is 5.60 Å². The van der Waals surface area contributed by atoms with E-state index < -0.39 is 0 Å². The van der Waals surface area contributed by atoms with Crippen LogP contribution in [0.3, 0.4) is 0 Å². The molecule has 0 aromatic carbocycles. The zero-order chi connectivity index (χ0) is 13.3. The van der Waals surface area contributed by atoms with E-state index in [1.807, 2.05) is 6.92 Å². The lowest BCUT2D eigenvalue weighted by atomic mass is 9.93. The van der Waals surface area contributed by atoms with E-state index in [2.05, 4.69) is 6.92 Å². The molecule has 1 fully saturated rings. The normalized spacial score (nSPS) is 18.8. The van der Waals surface area contributed by atoms with Crippen LogP contribution in [0.15, 0.2) is 0 Å². The number of hydrogen-bond acceptors (Lipinski definition) is 1. The first-order chi connectivity index (χ1) is 8.67. The molecule has 1 aliphatic rings. The number of aliphatic hydroxyl groups is 1. The Hall–Kier alpha value is -0.0400. The van der Waals surface area contributed by atoms with Crippen LogP contribution in [0.2, 0.25) is 0 Å². The van der Waals surface area contributed by atoms with Crippen LogP contribution in [0.25, 0.3) is 0 Å². The molecule has 1 heteroatoms. The molecule has 18 heavy (non-hydrogen) atoms. The second kappa shape index (κ2) is 8.96. The maximum atomic E-state index is 10.2. The van der Waals surface area contributed by atoms with Crippen LogP contribution in [0.1, 0.15) is 97.3 Å². The van der Waals surface area contributed by atoms with Crippen molar-refractivity contribution in [2.75, 3.05) is 0 Å². The molecule has 0 bridgehead atoms. The Morgan fingerprint density at radius 1 is 0.833 bits per heavy atom. The van der Waals surface area contributed by atoms with Gasteiger partial charge in [0.2, 0.25) is 0 Å². The largest absolute Gasteiger partial charge is 0.390 e. The third kappa shape index (κ3) is 7.41. The second-order valence-electron chi connectivity index (χ2n) is 6.56. The van der Waals surface area contributed by atoms with Crippen LogP contribution in [0.5, 0.6) is 0 Å². The van der Waals surface area contributed by atoms with Gasteiger partial charge in [-0.25, -0.2) is 0 Å². The van der Waals surface area contributed by atoms with Crippen molar-refractivity contribution in [2.24, 2.45) is 5.92 Å². The summed E-state index contributed by atoms with van der Waals surface area (Å²) in [5.74, 6) is 0.621. The van der Waals surface area contributed by atoms with Crippen molar-refractivity contribution >= 4 is 0 Å². The van der Waals surface area contributed by atoms with Crippen molar-refractivity contribution in [3.8, 4) is 0 Å². The van der Waals surface area contributed by atoms with Crippen LogP contribution in [0, 0.1) is 5.92 Å². The number of unbranched alkanes of at least 4 members (excludes halogenated alkanes) is 9. The van der Waals surface area contributed by atoms with Crippen molar-refractivity contribution in [1.82, 2.24) is 0 Å². The Morgan fingerprint density at radius 2 is 1.28 bits per heavy atom. The summed E-state index contributed by atoms with van der Waals surface area (Å²) in [6.45, 7) is 4.31. The fourth-order valence-electron chi connectivity index (χ4n) is 2.88. The Balaban J connectivity index is 1.78. The molecule has 1 unspecified atom stereocenters. The molecule has 0 radical (unpaired) electrons. The summed E-state index contributed by atoms with van der Waals surface area (Å²) in [6.07, 6.45) is 17.3. The summed E-state index contributed by atoms with van der Waals surface area (Å²) in [4.78, 5) is 0. The predicted octanol–water partition coefficient (Wildman–Crippen LogP) is 5.46. The molecule has 0 saturated heterocycles. The highest BCUT2D eigenvalue weighted by Crippen LogP contribution is 2.42. The molecule has 0 aliphatic heterocycles. The van der Waals surface area contributed by atoms with Crippen molar-refractivity contribution in [1.29, 1.82) is 0 Å². The van der Waals surface area contributed by atoms with Gasteiger partial charge in [-0.05, 0) is 32.1 Å². The van der Waals surface area contributed by atoms with E-state index in [0.717, 1.165) is 6.42 Å². The van der Waals surface area contributed by atoms with Gasteiger partial charge in [0.15, 0.2) is 0 Å². The van der Waals surface area contributed by atoms with Gasteiger partial charge in [0.25, 0.3) is 0 Å². The van der Waals surface area contributed by atoms with E-state index >= 15 is 0 Å². The Kier molecular flexibility index (Phi) is 7.97. The van der Waals surface area contributed by atoms with Crippen LogP contribution in [-0.2, 0) is 0 Å². The second-order valence-corrected chi connectivity index (χ2v) is 6.56. The SMILES string of the molecule is CCCCCCCCCCCCC(C)(O)C1CC1. The number of hydrogen-bond donors (Lipinski definition) is 1. The van der Waals surface area contributed by atoms with Crippen molar-refractivity contribution in [3.05, 3.63) is 0 Å². The fourth-order valence-corrected chi connectivity index (χ4v) is 2.88. The van der Waals surface area contributed by atoms with Gasteiger partial charge in [-0.2, -0.15) is 0 Å². The maximum Gasteiger partial charge on any atom is 0.0647 e. The van der Waals surface area contributed by atoms with Crippen LogP contribution >= 0.6 is 0 Å². The molecule has 108 valence electrons. The highest BCUT2D eigenvalue weighted by molar-refractivity contribution is 4.90. The smallest absolute Gasteiger partial charge is 0.0647 e.